The minimum absolute atomic E-state index is 0.0138. The molecule has 0 unspecified atom stereocenters. The highest BCUT2D eigenvalue weighted by Crippen LogP contribution is 2.45. The molecule has 2 N–H and O–H groups in total. The molecule has 2 aromatic rings. The molecule has 1 atom stereocenters. The molecule has 2 aromatic carbocycles. The highest BCUT2D eigenvalue weighted by Gasteiger charge is 2.44. The van der Waals surface area contributed by atoms with Crippen molar-refractivity contribution < 1.29 is 37.4 Å². The smallest absolute Gasteiger partial charge is 0.420 e. The first-order valence-electron chi connectivity index (χ1n) is 16.7. The van der Waals surface area contributed by atoms with Crippen LogP contribution in [0.15, 0.2) is 36.4 Å². The van der Waals surface area contributed by atoms with Crippen molar-refractivity contribution >= 4 is 35.2 Å². The first-order chi connectivity index (χ1) is 22.8. The standard InChI is InChI=1S/C35H42ClF3N4O5/c1-41-12-6-23(7-13-41)24-8-14-42(15-9-24)32(46)29(20-22-18-26(35(37,38)39)31(45)27(36)19-22)48-33(47)43-16-10-34(11-17-43)21-30(44)40-28-5-3-2-4-25(28)34/h2-5,18-19,23-24,29,45H,6-17,20-21H2,1H3,(H,40,44)/t29-/m1/s1. The predicted octanol–water partition coefficient (Wildman–Crippen LogP) is 6.07. The van der Waals surface area contributed by atoms with Crippen molar-refractivity contribution in [2.75, 3.05) is 51.6 Å². The number of ether oxygens (including phenoxy) is 1. The number of alkyl halides is 3. The van der Waals surface area contributed by atoms with Gasteiger partial charge in [-0.3, -0.25) is 9.59 Å². The number of amides is 3. The van der Waals surface area contributed by atoms with Gasteiger partial charge < -0.3 is 29.9 Å². The van der Waals surface area contributed by atoms with Crippen molar-refractivity contribution in [3.05, 3.63) is 58.1 Å². The molecule has 9 nitrogen and oxygen atoms in total. The number of benzene rings is 2. The van der Waals surface area contributed by atoms with Crippen molar-refractivity contribution in [3.63, 3.8) is 0 Å². The zero-order valence-corrected chi connectivity index (χ0v) is 27.8. The van der Waals surface area contributed by atoms with Crippen LogP contribution in [0.5, 0.6) is 5.75 Å². The Balaban J connectivity index is 1.17. The third kappa shape index (κ3) is 7.24. The number of fused-ring (bicyclic) bond motifs is 2. The largest absolute Gasteiger partial charge is 0.506 e. The van der Waals surface area contributed by atoms with E-state index in [1.165, 1.54) is 11.0 Å². The molecule has 6 rings (SSSR count). The molecule has 0 aromatic heterocycles. The van der Waals surface area contributed by atoms with E-state index in [-0.39, 0.29) is 31.0 Å². The molecule has 4 aliphatic rings. The van der Waals surface area contributed by atoms with Crippen LogP contribution in [0.4, 0.5) is 23.7 Å². The Bertz CT molecular complexity index is 1530. The molecule has 0 aliphatic carbocycles. The fourth-order valence-corrected chi connectivity index (χ4v) is 8.33. The Morgan fingerprint density at radius 3 is 2.27 bits per heavy atom. The summed E-state index contributed by atoms with van der Waals surface area (Å²) in [4.78, 5) is 45.6. The van der Waals surface area contributed by atoms with E-state index < -0.39 is 46.0 Å². The van der Waals surface area contributed by atoms with Gasteiger partial charge in [0.25, 0.3) is 5.91 Å². The number of para-hydroxylation sites is 1. The second kappa shape index (κ2) is 13.8. The van der Waals surface area contributed by atoms with Crippen LogP contribution in [-0.2, 0) is 32.3 Å². The maximum atomic E-state index is 14.0. The van der Waals surface area contributed by atoms with Crippen LogP contribution >= 0.6 is 11.6 Å². The fraction of sp³-hybridized carbons (Fsp3) is 0.571. The summed E-state index contributed by atoms with van der Waals surface area (Å²) in [6.45, 7) is 3.62. The van der Waals surface area contributed by atoms with Crippen LogP contribution in [-0.4, -0.2) is 90.1 Å². The molecule has 1 spiro atoms. The van der Waals surface area contributed by atoms with Crippen molar-refractivity contribution in [2.45, 2.75) is 69.1 Å². The summed E-state index contributed by atoms with van der Waals surface area (Å²) in [7, 11) is 2.12. The quantitative estimate of drug-likeness (QED) is 0.395. The molecule has 0 saturated carbocycles. The number of phenolic OH excluding ortho intramolecular Hbond substituents is 1. The molecule has 0 radical (unpaired) electrons. The van der Waals surface area contributed by atoms with Gasteiger partial charge in [-0.25, -0.2) is 4.79 Å². The molecule has 4 aliphatic heterocycles. The molecule has 3 saturated heterocycles. The van der Waals surface area contributed by atoms with Crippen LogP contribution in [0.1, 0.15) is 61.6 Å². The molecule has 0 bridgehead atoms. The zero-order chi connectivity index (χ0) is 34.2. The number of piperidine rings is 3. The Morgan fingerprint density at radius 1 is 1.00 bits per heavy atom. The number of likely N-dealkylation sites (tertiary alicyclic amines) is 3. The summed E-state index contributed by atoms with van der Waals surface area (Å²) in [5, 5.41) is 12.4. The number of nitrogens with zero attached hydrogens (tertiary/aromatic N) is 3. The maximum absolute atomic E-state index is 14.0. The number of nitrogens with one attached hydrogen (secondary N) is 1. The highest BCUT2D eigenvalue weighted by atomic mass is 35.5. The average Bonchev–Trinajstić information content (AvgIpc) is 3.06. The van der Waals surface area contributed by atoms with Gasteiger partial charge in [-0.15, -0.1) is 0 Å². The monoisotopic (exact) mass is 690 g/mol. The third-order valence-electron chi connectivity index (χ3n) is 10.9. The summed E-state index contributed by atoms with van der Waals surface area (Å²) in [5.74, 6) is -0.558. The lowest BCUT2D eigenvalue weighted by Crippen LogP contribution is -2.51. The normalized spacial score (nSPS) is 21.5. The number of hydrogen-bond acceptors (Lipinski definition) is 6. The minimum Gasteiger partial charge on any atom is -0.506 e. The van der Waals surface area contributed by atoms with E-state index in [9.17, 15) is 32.7 Å². The summed E-state index contributed by atoms with van der Waals surface area (Å²) >= 11 is 5.99. The maximum Gasteiger partial charge on any atom is 0.420 e. The van der Waals surface area contributed by atoms with Crippen molar-refractivity contribution in [3.8, 4) is 5.75 Å². The van der Waals surface area contributed by atoms with E-state index >= 15 is 0 Å². The van der Waals surface area contributed by atoms with Crippen LogP contribution in [0, 0.1) is 11.8 Å². The molecule has 3 fully saturated rings. The van der Waals surface area contributed by atoms with Gasteiger partial charge >= 0.3 is 12.3 Å². The van der Waals surface area contributed by atoms with Crippen LogP contribution in [0.2, 0.25) is 5.02 Å². The fourth-order valence-electron chi connectivity index (χ4n) is 8.09. The summed E-state index contributed by atoms with van der Waals surface area (Å²) in [6.07, 6.45) is -2.17. The Morgan fingerprint density at radius 2 is 1.62 bits per heavy atom. The van der Waals surface area contributed by atoms with Gasteiger partial charge in [0.05, 0.1) is 10.6 Å². The Labute approximate surface area is 283 Å². The number of carbonyl (C=O) groups excluding carboxylic acids is 3. The van der Waals surface area contributed by atoms with Crippen molar-refractivity contribution in [1.29, 1.82) is 0 Å². The van der Waals surface area contributed by atoms with E-state index in [4.69, 9.17) is 16.3 Å². The van der Waals surface area contributed by atoms with Crippen molar-refractivity contribution in [1.82, 2.24) is 14.7 Å². The lowest BCUT2D eigenvalue weighted by atomic mass is 9.68. The zero-order valence-electron chi connectivity index (χ0n) is 27.0. The van der Waals surface area contributed by atoms with Gasteiger partial charge in [0.1, 0.15) is 5.75 Å². The van der Waals surface area contributed by atoms with E-state index in [0.29, 0.717) is 44.2 Å². The van der Waals surface area contributed by atoms with Gasteiger partial charge in [0.15, 0.2) is 6.10 Å². The molecule has 260 valence electrons. The van der Waals surface area contributed by atoms with E-state index in [1.54, 1.807) is 4.90 Å². The number of anilines is 1. The summed E-state index contributed by atoms with van der Waals surface area (Å²) in [6, 6.07) is 9.55. The van der Waals surface area contributed by atoms with Gasteiger partial charge in [0, 0.05) is 50.1 Å². The highest BCUT2D eigenvalue weighted by molar-refractivity contribution is 6.32. The number of hydrogen-bond donors (Lipinski definition) is 2. The third-order valence-corrected chi connectivity index (χ3v) is 11.2. The lowest BCUT2D eigenvalue weighted by Gasteiger charge is -2.44. The second-order valence-electron chi connectivity index (χ2n) is 13.9. The van der Waals surface area contributed by atoms with Crippen LogP contribution in [0.25, 0.3) is 0 Å². The summed E-state index contributed by atoms with van der Waals surface area (Å²) in [5.41, 5.74) is 0.0547. The first kappa shape index (κ1) is 34.4. The molecule has 4 heterocycles. The first-order valence-corrected chi connectivity index (χ1v) is 17.1. The predicted molar refractivity (Wildman–Crippen MR) is 174 cm³/mol. The topological polar surface area (TPSA) is 102 Å². The van der Waals surface area contributed by atoms with E-state index in [0.717, 1.165) is 56.1 Å². The number of phenols is 1. The number of halogens is 4. The number of carbonyl (C=O) groups is 3. The van der Waals surface area contributed by atoms with Crippen molar-refractivity contribution in [2.24, 2.45) is 11.8 Å². The Kier molecular flexibility index (Phi) is 9.86. The summed E-state index contributed by atoms with van der Waals surface area (Å²) < 4.78 is 47.0. The van der Waals surface area contributed by atoms with Crippen LogP contribution in [0.3, 0.4) is 0 Å². The molecule has 48 heavy (non-hydrogen) atoms. The number of aromatic hydroxyl groups is 1. The molecular weight excluding hydrogens is 649 g/mol. The second-order valence-corrected chi connectivity index (χ2v) is 14.3. The van der Waals surface area contributed by atoms with Gasteiger partial charge in [-0.05, 0) is 99.8 Å². The number of rotatable bonds is 5. The lowest BCUT2D eigenvalue weighted by molar-refractivity contribution is -0.142. The Hall–Kier alpha value is -3.51. The van der Waals surface area contributed by atoms with Gasteiger partial charge in [-0.1, -0.05) is 29.8 Å². The molecule has 3 amide bonds. The average molecular weight is 691 g/mol. The molecular formula is C35H42ClF3N4O5. The minimum atomic E-state index is -4.88. The van der Waals surface area contributed by atoms with E-state index in [1.807, 2.05) is 24.3 Å². The van der Waals surface area contributed by atoms with Gasteiger partial charge in [-0.2, -0.15) is 13.2 Å². The SMILES string of the molecule is CN1CCC(C2CCN(C(=O)[C@@H](Cc3cc(Cl)c(O)c(C(F)(F)F)c3)OC(=O)N3CCC4(CC3)CC(=O)Nc3ccccc34)CC2)CC1. The van der Waals surface area contributed by atoms with Gasteiger partial charge in [0.2, 0.25) is 5.91 Å². The van der Waals surface area contributed by atoms with E-state index in [2.05, 4.69) is 17.3 Å². The van der Waals surface area contributed by atoms with Crippen LogP contribution < -0.4 is 5.32 Å². The molecule has 13 heteroatoms.